The molecule has 0 heterocycles. The van der Waals surface area contributed by atoms with Gasteiger partial charge in [0.1, 0.15) is 0 Å². The van der Waals surface area contributed by atoms with Crippen molar-refractivity contribution in [3.05, 3.63) is 0 Å². The predicted octanol–water partition coefficient (Wildman–Crippen LogP) is 3.28. The third-order valence-corrected chi connectivity index (χ3v) is 3.04. The van der Waals surface area contributed by atoms with Gasteiger partial charge >= 0.3 is 0 Å². The minimum Gasteiger partial charge on any atom is -0.317 e. The van der Waals surface area contributed by atoms with Crippen molar-refractivity contribution in [3.8, 4) is 0 Å². The lowest BCUT2D eigenvalue weighted by atomic mass is 10.1. The van der Waals surface area contributed by atoms with Crippen molar-refractivity contribution in [3.63, 3.8) is 0 Å². The number of hydrogen-bond acceptors (Lipinski definition) is 2. The molecule has 98 valence electrons. The summed E-state index contributed by atoms with van der Waals surface area (Å²) in [5, 5.41) is 3.38. The zero-order valence-electron chi connectivity index (χ0n) is 11.9. The van der Waals surface area contributed by atoms with Crippen LogP contribution in [0.3, 0.4) is 0 Å². The summed E-state index contributed by atoms with van der Waals surface area (Å²) in [5.41, 5.74) is 0. The summed E-state index contributed by atoms with van der Waals surface area (Å²) in [7, 11) is 0. The molecule has 0 aliphatic rings. The largest absolute Gasteiger partial charge is 0.317 e. The van der Waals surface area contributed by atoms with E-state index in [1.807, 2.05) is 0 Å². The Labute approximate surface area is 103 Å². The van der Waals surface area contributed by atoms with Crippen LogP contribution in [0.2, 0.25) is 0 Å². The lowest BCUT2D eigenvalue weighted by Crippen LogP contribution is -2.32. The van der Waals surface area contributed by atoms with Gasteiger partial charge < -0.3 is 10.2 Å². The van der Waals surface area contributed by atoms with Crippen LogP contribution in [0.1, 0.15) is 59.8 Å². The van der Waals surface area contributed by atoms with Gasteiger partial charge in [0, 0.05) is 6.04 Å². The second-order valence-electron chi connectivity index (χ2n) is 4.90. The van der Waals surface area contributed by atoms with E-state index in [2.05, 4.69) is 37.9 Å². The highest BCUT2D eigenvalue weighted by atomic mass is 15.1. The van der Waals surface area contributed by atoms with Gasteiger partial charge in [-0.3, -0.25) is 0 Å². The van der Waals surface area contributed by atoms with Crippen LogP contribution in [0, 0.1) is 0 Å². The number of rotatable bonds is 11. The molecule has 0 atom stereocenters. The average Bonchev–Trinajstić information content (AvgIpc) is 2.26. The molecule has 0 bridgehead atoms. The SMILES string of the molecule is CCCN(CCCCCCNCC)C(C)C. The Kier molecular flexibility index (Phi) is 11.3. The molecule has 1 N–H and O–H groups in total. The molecule has 0 amide bonds. The Morgan fingerprint density at radius 2 is 1.62 bits per heavy atom. The summed E-state index contributed by atoms with van der Waals surface area (Å²) < 4.78 is 0. The van der Waals surface area contributed by atoms with Crippen LogP contribution in [0.4, 0.5) is 0 Å². The van der Waals surface area contributed by atoms with Crippen molar-refractivity contribution in [1.29, 1.82) is 0 Å². The zero-order chi connectivity index (χ0) is 12.2. The molecule has 0 aliphatic carbocycles. The summed E-state index contributed by atoms with van der Waals surface area (Å²) >= 11 is 0. The van der Waals surface area contributed by atoms with Gasteiger partial charge in [-0.15, -0.1) is 0 Å². The van der Waals surface area contributed by atoms with Crippen molar-refractivity contribution in [2.24, 2.45) is 0 Å². The minimum atomic E-state index is 0.710. The Morgan fingerprint density at radius 1 is 0.938 bits per heavy atom. The Balaban J connectivity index is 3.33. The van der Waals surface area contributed by atoms with Gasteiger partial charge in [0.05, 0.1) is 0 Å². The van der Waals surface area contributed by atoms with E-state index in [0.717, 1.165) is 6.54 Å². The van der Waals surface area contributed by atoms with Crippen molar-refractivity contribution in [1.82, 2.24) is 10.2 Å². The van der Waals surface area contributed by atoms with Crippen LogP contribution in [0.5, 0.6) is 0 Å². The van der Waals surface area contributed by atoms with Gasteiger partial charge in [-0.1, -0.05) is 26.7 Å². The number of hydrogen-bond donors (Lipinski definition) is 1. The summed E-state index contributed by atoms with van der Waals surface area (Å²) in [6.07, 6.45) is 6.75. The summed E-state index contributed by atoms with van der Waals surface area (Å²) in [6.45, 7) is 13.9. The Bertz CT molecular complexity index is 135. The van der Waals surface area contributed by atoms with Crippen LogP contribution in [-0.4, -0.2) is 37.1 Å². The van der Waals surface area contributed by atoms with E-state index in [-0.39, 0.29) is 0 Å². The molecule has 0 aliphatic heterocycles. The number of nitrogens with one attached hydrogen (secondary N) is 1. The fraction of sp³-hybridized carbons (Fsp3) is 1.00. The monoisotopic (exact) mass is 228 g/mol. The maximum absolute atomic E-state index is 3.38. The topological polar surface area (TPSA) is 15.3 Å². The lowest BCUT2D eigenvalue weighted by Gasteiger charge is -2.25. The fourth-order valence-corrected chi connectivity index (χ4v) is 2.01. The van der Waals surface area contributed by atoms with Crippen LogP contribution in [0.25, 0.3) is 0 Å². The predicted molar refractivity (Wildman–Crippen MR) is 74.0 cm³/mol. The highest BCUT2D eigenvalue weighted by Crippen LogP contribution is 2.05. The van der Waals surface area contributed by atoms with Gasteiger partial charge in [0.25, 0.3) is 0 Å². The Morgan fingerprint density at radius 3 is 2.19 bits per heavy atom. The standard InChI is InChI=1S/C14H32N2/c1-5-12-16(14(3)4)13-10-8-7-9-11-15-6-2/h14-15H,5-13H2,1-4H3. The van der Waals surface area contributed by atoms with E-state index in [4.69, 9.17) is 0 Å². The highest BCUT2D eigenvalue weighted by molar-refractivity contribution is 4.62. The molecule has 2 heteroatoms. The molecule has 0 aromatic rings. The smallest absolute Gasteiger partial charge is 0.00385 e. The van der Waals surface area contributed by atoms with Gasteiger partial charge in [-0.25, -0.2) is 0 Å². The molecule has 0 unspecified atom stereocenters. The fourth-order valence-electron chi connectivity index (χ4n) is 2.01. The lowest BCUT2D eigenvalue weighted by molar-refractivity contribution is 0.217. The molecule has 0 spiro atoms. The van der Waals surface area contributed by atoms with Crippen molar-refractivity contribution < 1.29 is 0 Å². The minimum absolute atomic E-state index is 0.710. The van der Waals surface area contributed by atoms with E-state index in [9.17, 15) is 0 Å². The quantitative estimate of drug-likeness (QED) is 0.546. The van der Waals surface area contributed by atoms with Crippen molar-refractivity contribution in [2.45, 2.75) is 65.8 Å². The molecule has 0 rings (SSSR count). The van der Waals surface area contributed by atoms with Gasteiger partial charge in [-0.2, -0.15) is 0 Å². The van der Waals surface area contributed by atoms with Crippen LogP contribution in [0.15, 0.2) is 0 Å². The number of unbranched alkanes of at least 4 members (excludes halogenated alkanes) is 3. The van der Waals surface area contributed by atoms with Gasteiger partial charge in [0.2, 0.25) is 0 Å². The average molecular weight is 228 g/mol. The normalized spacial score (nSPS) is 11.6. The molecule has 2 nitrogen and oxygen atoms in total. The first-order chi connectivity index (χ1) is 7.72. The summed E-state index contributed by atoms with van der Waals surface area (Å²) in [4.78, 5) is 2.60. The van der Waals surface area contributed by atoms with Crippen LogP contribution < -0.4 is 5.32 Å². The van der Waals surface area contributed by atoms with Crippen LogP contribution >= 0.6 is 0 Å². The maximum Gasteiger partial charge on any atom is 0.00385 e. The summed E-state index contributed by atoms with van der Waals surface area (Å²) in [6, 6.07) is 0.710. The second kappa shape index (κ2) is 11.4. The molecule has 0 aromatic carbocycles. The van der Waals surface area contributed by atoms with E-state index in [1.54, 1.807) is 0 Å². The van der Waals surface area contributed by atoms with Crippen molar-refractivity contribution >= 4 is 0 Å². The summed E-state index contributed by atoms with van der Waals surface area (Å²) in [5.74, 6) is 0. The molecule has 0 saturated carbocycles. The van der Waals surface area contributed by atoms with Gasteiger partial charge in [-0.05, 0) is 59.3 Å². The zero-order valence-corrected chi connectivity index (χ0v) is 11.9. The molecule has 0 saturated heterocycles. The highest BCUT2D eigenvalue weighted by Gasteiger charge is 2.06. The molecular formula is C14H32N2. The first-order valence-electron chi connectivity index (χ1n) is 7.17. The van der Waals surface area contributed by atoms with Crippen LogP contribution in [-0.2, 0) is 0 Å². The van der Waals surface area contributed by atoms with E-state index in [0.29, 0.717) is 6.04 Å². The molecule has 16 heavy (non-hydrogen) atoms. The Hall–Kier alpha value is -0.0800. The maximum atomic E-state index is 3.38. The molecule has 0 radical (unpaired) electrons. The van der Waals surface area contributed by atoms with Crippen molar-refractivity contribution in [2.75, 3.05) is 26.2 Å². The second-order valence-corrected chi connectivity index (χ2v) is 4.90. The molecule has 0 fully saturated rings. The van der Waals surface area contributed by atoms with E-state index < -0.39 is 0 Å². The van der Waals surface area contributed by atoms with E-state index in [1.165, 1.54) is 51.7 Å². The number of nitrogens with zero attached hydrogens (tertiary/aromatic N) is 1. The third kappa shape index (κ3) is 9.17. The third-order valence-electron chi connectivity index (χ3n) is 3.04. The first kappa shape index (κ1) is 15.9. The molecule has 0 aromatic heterocycles. The first-order valence-corrected chi connectivity index (χ1v) is 7.17. The molecular weight excluding hydrogens is 196 g/mol. The van der Waals surface area contributed by atoms with Gasteiger partial charge in [0.15, 0.2) is 0 Å². The van der Waals surface area contributed by atoms with E-state index >= 15 is 0 Å².